The first-order valence-corrected chi connectivity index (χ1v) is 9.57. The van der Waals surface area contributed by atoms with Crippen molar-refractivity contribution in [3.05, 3.63) is 33.8 Å². The van der Waals surface area contributed by atoms with E-state index >= 15 is 0 Å². The normalized spacial score (nSPS) is 27.6. The van der Waals surface area contributed by atoms with Gasteiger partial charge < -0.3 is 20.1 Å². The van der Waals surface area contributed by atoms with Crippen molar-refractivity contribution in [2.24, 2.45) is 5.92 Å². The van der Waals surface area contributed by atoms with Gasteiger partial charge >= 0.3 is 0 Å². The van der Waals surface area contributed by atoms with Gasteiger partial charge in [0.25, 0.3) is 0 Å². The SMILES string of the molecule is CC(C1CNCCN1)C(OC1CCCCO1)c1ccc(Cl)c(Cl)c1. The van der Waals surface area contributed by atoms with Gasteiger partial charge in [-0.05, 0) is 37.0 Å². The third-order valence-electron chi connectivity index (χ3n) is 4.89. The molecule has 2 aliphatic heterocycles. The van der Waals surface area contributed by atoms with Crippen LogP contribution in [0.5, 0.6) is 0 Å². The molecule has 0 amide bonds. The van der Waals surface area contributed by atoms with Crippen LogP contribution in [0, 0.1) is 5.92 Å². The highest BCUT2D eigenvalue weighted by Crippen LogP contribution is 2.35. The van der Waals surface area contributed by atoms with Crippen LogP contribution in [0.1, 0.15) is 37.9 Å². The average Bonchev–Trinajstić information content (AvgIpc) is 2.63. The summed E-state index contributed by atoms with van der Waals surface area (Å²) in [6, 6.07) is 6.12. The minimum atomic E-state index is -0.141. The van der Waals surface area contributed by atoms with Crippen molar-refractivity contribution >= 4 is 23.2 Å². The molecule has 4 unspecified atom stereocenters. The summed E-state index contributed by atoms with van der Waals surface area (Å²) in [5.41, 5.74) is 1.05. The third-order valence-corrected chi connectivity index (χ3v) is 5.63. The van der Waals surface area contributed by atoms with Crippen LogP contribution in [0.25, 0.3) is 0 Å². The predicted octanol–water partition coefficient (Wildman–Crippen LogP) is 3.78. The molecule has 2 N–H and O–H groups in total. The van der Waals surface area contributed by atoms with E-state index in [1.54, 1.807) is 0 Å². The van der Waals surface area contributed by atoms with Gasteiger partial charge in [-0.15, -0.1) is 0 Å². The van der Waals surface area contributed by atoms with Crippen molar-refractivity contribution < 1.29 is 9.47 Å². The summed E-state index contributed by atoms with van der Waals surface area (Å²) in [5.74, 6) is 0.278. The van der Waals surface area contributed by atoms with E-state index in [1.165, 1.54) is 0 Å². The first kappa shape index (κ1) is 18.4. The second-order valence-corrected chi connectivity index (χ2v) is 7.46. The lowest BCUT2D eigenvalue weighted by molar-refractivity contribution is -0.201. The second kappa shape index (κ2) is 8.84. The number of hydrogen-bond donors (Lipinski definition) is 2. The monoisotopic (exact) mass is 372 g/mol. The molecule has 2 aliphatic rings. The van der Waals surface area contributed by atoms with E-state index in [0.29, 0.717) is 16.1 Å². The molecule has 2 saturated heterocycles. The van der Waals surface area contributed by atoms with Crippen LogP contribution in [0.4, 0.5) is 0 Å². The fourth-order valence-electron chi connectivity index (χ4n) is 3.44. The number of benzene rings is 1. The smallest absolute Gasteiger partial charge is 0.158 e. The molecule has 24 heavy (non-hydrogen) atoms. The summed E-state index contributed by atoms with van der Waals surface area (Å²) in [6.07, 6.45) is 2.98. The van der Waals surface area contributed by atoms with E-state index in [4.69, 9.17) is 32.7 Å². The van der Waals surface area contributed by atoms with Gasteiger partial charge in [0.05, 0.1) is 16.1 Å². The molecule has 0 spiro atoms. The molecule has 2 heterocycles. The van der Waals surface area contributed by atoms with Crippen molar-refractivity contribution in [1.82, 2.24) is 10.6 Å². The van der Waals surface area contributed by atoms with Gasteiger partial charge in [-0.25, -0.2) is 0 Å². The van der Waals surface area contributed by atoms with E-state index in [0.717, 1.165) is 51.1 Å². The molecule has 1 aromatic carbocycles. The third kappa shape index (κ3) is 4.63. The van der Waals surface area contributed by atoms with Crippen LogP contribution in [-0.2, 0) is 9.47 Å². The van der Waals surface area contributed by atoms with Crippen LogP contribution < -0.4 is 10.6 Å². The Hall–Kier alpha value is -0.360. The maximum atomic E-state index is 6.40. The highest BCUT2D eigenvalue weighted by Gasteiger charge is 2.31. The van der Waals surface area contributed by atoms with E-state index in [9.17, 15) is 0 Å². The Bertz CT molecular complexity index is 532. The zero-order valence-corrected chi connectivity index (χ0v) is 15.6. The Kier molecular flexibility index (Phi) is 6.79. The molecule has 6 heteroatoms. The standard InChI is InChI=1S/C18H26Cl2N2O2/c1-12(16-11-21-7-8-22-16)18(24-17-4-2-3-9-23-17)13-5-6-14(19)15(20)10-13/h5-6,10,12,16-18,21-22H,2-4,7-9,11H2,1H3. The largest absolute Gasteiger partial charge is 0.353 e. The van der Waals surface area contributed by atoms with Crippen LogP contribution in [-0.4, -0.2) is 38.6 Å². The molecular weight excluding hydrogens is 347 g/mol. The number of rotatable bonds is 5. The summed E-state index contributed by atoms with van der Waals surface area (Å²) in [7, 11) is 0. The second-order valence-electron chi connectivity index (χ2n) is 6.65. The van der Waals surface area contributed by atoms with Crippen molar-refractivity contribution in [2.45, 2.75) is 44.6 Å². The summed E-state index contributed by atoms with van der Waals surface area (Å²) < 4.78 is 12.2. The van der Waals surface area contributed by atoms with Crippen molar-refractivity contribution in [2.75, 3.05) is 26.2 Å². The number of piperazine rings is 1. The Balaban J connectivity index is 1.79. The van der Waals surface area contributed by atoms with E-state index in [2.05, 4.69) is 17.6 Å². The van der Waals surface area contributed by atoms with Crippen LogP contribution in [0.2, 0.25) is 10.0 Å². The molecule has 4 nitrogen and oxygen atoms in total. The Morgan fingerprint density at radius 3 is 2.75 bits per heavy atom. The lowest BCUT2D eigenvalue weighted by Crippen LogP contribution is -2.52. The van der Waals surface area contributed by atoms with Gasteiger partial charge in [-0.3, -0.25) is 0 Å². The summed E-state index contributed by atoms with van der Waals surface area (Å²) >= 11 is 12.3. The summed E-state index contributed by atoms with van der Waals surface area (Å²) in [4.78, 5) is 0. The molecular formula is C18H26Cl2N2O2. The Morgan fingerprint density at radius 2 is 2.08 bits per heavy atom. The fraction of sp³-hybridized carbons (Fsp3) is 0.667. The van der Waals surface area contributed by atoms with Crippen LogP contribution >= 0.6 is 23.2 Å². The summed E-state index contributed by atoms with van der Waals surface area (Å²) in [5, 5.41) is 8.17. The van der Waals surface area contributed by atoms with E-state index in [1.807, 2.05) is 18.2 Å². The molecule has 0 bridgehead atoms. The Labute approximate surface area is 154 Å². The highest BCUT2D eigenvalue weighted by molar-refractivity contribution is 6.42. The molecule has 0 aliphatic carbocycles. The molecule has 0 radical (unpaired) electrons. The van der Waals surface area contributed by atoms with Gasteiger partial charge in [-0.2, -0.15) is 0 Å². The molecule has 3 rings (SSSR count). The van der Waals surface area contributed by atoms with E-state index < -0.39 is 0 Å². The molecule has 4 atom stereocenters. The zero-order chi connectivity index (χ0) is 16.9. The maximum absolute atomic E-state index is 6.40. The number of nitrogens with one attached hydrogen (secondary N) is 2. The Morgan fingerprint density at radius 1 is 1.21 bits per heavy atom. The van der Waals surface area contributed by atoms with Crippen LogP contribution in [0.3, 0.4) is 0 Å². The number of ether oxygens (including phenoxy) is 2. The first-order valence-electron chi connectivity index (χ1n) is 8.81. The van der Waals surface area contributed by atoms with E-state index in [-0.39, 0.29) is 18.3 Å². The number of hydrogen-bond acceptors (Lipinski definition) is 4. The molecule has 134 valence electrons. The van der Waals surface area contributed by atoms with Gasteiger partial charge in [0.2, 0.25) is 0 Å². The minimum absolute atomic E-state index is 0.0831. The van der Waals surface area contributed by atoms with Crippen molar-refractivity contribution in [3.63, 3.8) is 0 Å². The quantitative estimate of drug-likeness (QED) is 0.825. The lowest BCUT2D eigenvalue weighted by Gasteiger charge is -2.37. The summed E-state index contributed by atoms with van der Waals surface area (Å²) in [6.45, 7) is 5.92. The molecule has 2 fully saturated rings. The number of halogens is 2. The highest BCUT2D eigenvalue weighted by atomic mass is 35.5. The molecule has 1 aromatic rings. The first-order chi connectivity index (χ1) is 11.6. The van der Waals surface area contributed by atoms with Gasteiger partial charge in [0, 0.05) is 38.2 Å². The van der Waals surface area contributed by atoms with Gasteiger partial charge in [0.1, 0.15) is 0 Å². The maximum Gasteiger partial charge on any atom is 0.158 e. The zero-order valence-electron chi connectivity index (χ0n) is 14.1. The fourth-order valence-corrected chi connectivity index (χ4v) is 3.74. The minimum Gasteiger partial charge on any atom is -0.353 e. The predicted molar refractivity (Wildman–Crippen MR) is 97.7 cm³/mol. The van der Waals surface area contributed by atoms with Crippen molar-refractivity contribution in [3.8, 4) is 0 Å². The molecule has 0 saturated carbocycles. The van der Waals surface area contributed by atoms with Crippen LogP contribution in [0.15, 0.2) is 18.2 Å². The molecule has 0 aromatic heterocycles. The van der Waals surface area contributed by atoms with Crippen molar-refractivity contribution in [1.29, 1.82) is 0 Å². The van der Waals surface area contributed by atoms with Gasteiger partial charge in [-0.1, -0.05) is 36.2 Å². The lowest BCUT2D eigenvalue weighted by atomic mass is 9.89. The van der Waals surface area contributed by atoms with Gasteiger partial charge in [0.15, 0.2) is 6.29 Å². The topological polar surface area (TPSA) is 42.5 Å². The average molecular weight is 373 g/mol.